The SMILES string of the molecule is CCCCNC(=O)C(C)N(Cc1ccc(Br)cc1)C(=O)CCCN(C)S(=O)(=O)c1ccccc1. The lowest BCUT2D eigenvalue weighted by molar-refractivity contribution is -0.140. The van der Waals surface area contributed by atoms with Crippen LogP contribution >= 0.6 is 15.9 Å². The number of unbranched alkanes of at least 4 members (excludes halogenated alkanes) is 1. The van der Waals surface area contributed by atoms with E-state index in [1.54, 1.807) is 42.2 Å². The fourth-order valence-corrected chi connectivity index (χ4v) is 4.89. The van der Waals surface area contributed by atoms with E-state index in [0.29, 0.717) is 19.5 Å². The van der Waals surface area contributed by atoms with Crippen molar-refractivity contribution >= 4 is 37.8 Å². The molecule has 0 bridgehead atoms. The van der Waals surface area contributed by atoms with Crippen molar-refractivity contribution in [1.29, 1.82) is 0 Å². The largest absolute Gasteiger partial charge is 0.354 e. The number of nitrogens with zero attached hydrogens (tertiary/aromatic N) is 2. The van der Waals surface area contributed by atoms with Crippen molar-refractivity contribution in [3.63, 3.8) is 0 Å². The Balaban J connectivity index is 2.05. The number of rotatable bonds is 13. The molecule has 1 N–H and O–H groups in total. The van der Waals surface area contributed by atoms with Gasteiger partial charge in [0.25, 0.3) is 0 Å². The van der Waals surface area contributed by atoms with Crippen molar-refractivity contribution in [2.75, 3.05) is 20.1 Å². The molecule has 186 valence electrons. The maximum Gasteiger partial charge on any atom is 0.242 e. The average molecular weight is 553 g/mol. The Bertz CT molecular complexity index is 1030. The van der Waals surface area contributed by atoms with Gasteiger partial charge in [-0.1, -0.05) is 59.6 Å². The van der Waals surface area contributed by atoms with Crippen LogP contribution < -0.4 is 5.32 Å². The van der Waals surface area contributed by atoms with Crippen LogP contribution in [0.1, 0.15) is 45.1 Å². The van der Waals surface area contributed by atoms with Gasteiger partial charge < -0.3 is 10.2 Å². The zero-order valence-corrected chi connectivity index (χ0v) is 22.4. The first-order valence-corrected chi connectivity index (χ1v) is 13.7. The number of carbonyl (C=O) groups excluding carboxylic acids is 2. The van der Waals surface area contributed by atoms with E-state index < -0.39 is 16.1 Å². The molecule has 0 fully saturated rings. The van der Waals surface area contributed by atoms with E-state index >= 15 is 0 Å². The van der Waals surface area contributed by atoms with Gasteiger partial charge in [0.1, 0.15) is 6.04 Å². The summed E-state index contributed by atoms with van der Waals surface area (Å²) in [6.07, 6.45) is 2.33. The molecule has 0 aliphatic rings. The van der Waals surface area contributed by atoms with Crippen LogP contribution in [0.4, 0.5) is 0 Å². The van der Waals surface area contributed by atoms with Crippen molar-refractivity contribution in [3.8, 4) is 0 Å². The van der Waals surface area contributed by atoms with Crippen LogP contribution in [-0.2, 0) is 26.2 Å². The van der Waals surface area contributed by atoms with Gasteiger partial charge in [-0.15, -0.1) is 0 Å². The Morgan fingerprint density at radius 2 is 1.68 bits per heavy atom. The van der Waals surface area contributed by atoms with Crippen molar-refractivity contribution in [1.82, 2.24) is 14.5 Å². The van der Waals surface area contributed by atoms with Crippen LogP contribution in [0.25, 0.3) is 0 Å². The van der Waals surface area contributed by atoms with E-state index in [4.69, 9.17) is 0 Å². The summed E-state index contributed by atoms with van der Waals surface area (Å²) >= 11 is 3.41. The summed E-state index contributed by atoms with van der Waals surface area (Å²) in [6, 6.07) is 15.2. The average Bonchev–Trinajstić information content (AvgIpc) is 2.83. The summed E-state index contributed by atoms with van der Waals surface area (Å²) in [6.45, 7) is 4.85. The molecular weight excluding hydrogens is 518 g/mol. The first-order valence-electron chi connectivity index (χ1n) is 11.5. The van der Waals surface area contributed by atoms with Gasteiger partial charge in [-0.25, -0.2) is 12.7 Å². The van der Waals surface area contributed by atoms with Gasteiger partial charge in [0, 0.05) is 37.6 Å². The van der Waals surface area contributed by atoms with Gasteiger partial charge in [0.15, 0.2) is 0 Å². The highest BCUT2D eigenvalue weighted by molar-refractivity contribution is 9.10. The molecule has 0 aliphatic carbocycles. The molecule has 34 heavy (non-hydrogen) atoms. The molecule has 2 aromatic carbocycles. The molecule has 1 unspecified atom stereocenters. The number of hydrogen-bond acceptors (Lipinski definition) is 4. The van der Waals surface area contributed by atoms with Crippen LogP contribution in [0.15, 0.2) is 64.0 Å². The highest BCUT2D eigenvalue weighted by Gasteiger charge is 2.26. The normalized spacial score (nSPS) is 12.4. The second-order valence-electron chi connectivity index (χ2n) is 8.21. The predicted octanol–water partition coefficient (Wildman–Crippen LogP) is 4.18. The molecule has 1 atom stereocenters. The lowest BCUT2D eigenvalue weighted by atomic mass is 10.1. The van der Waals surface area contributed by atoms with Crippen molar-refractivity contribution < 1.29 is 18.0 Å². The van der Waals surface area contributed by atoms with E-state index in [0.717, 1.165) is 22.9 Å². The number of nitrogens with one attached hydrogen (secondary N) is 1. The Labute approximate surface area is 211 Å². The molecule has 9 heteroatoms. The number of hydrogen-bond donors (Lipinski definition) is 1. The number of benzene rings is 2. The highest BCUT2D eigenvalue weighted by atomic mass is 79.9. The minimum Gasteiger partial charge on any atom is -0.354 e. The minimum atomic E-state index is -3.61. The van der Waals surface area contributed by atoms with Crippen LogP contribution in [0.2, 0.25) is 0 Å². The number of sulfonamides is 1. The molecule has 0 saturated carbocycles. The molecule has 0 saturated heterocycles. The summed E-state index contributed by atoms with van der Waals surface area (Å²) in [4.78, 5) is 27.6. The fourth-order valence-electron chi connectivity index (χ4n) is 3.39. The third-order valence-electron chi connectivity index (χ3n) is 5.58. The molecule has 2 aromatic rings. The highest BCUT2D eigenvalue weighted by Crippen LogP contribution is 2.17. The van der Waals surface area contributed by atoms with Crippen LogP contribution in [0.5, 0.6) is 0 Å². The second-order valence-corrected chi connectivity index (χ2v) is 11.2. The van der Waals surface area contributed by atoms with Gasteiger partial charge in [-0.05, 0) is 49.6 Å². The lowest BCUT2D eigenvalue weighted by Crippen LogP contribution is -2.47. The van der Waals surface area contributed by atoms with Gasteiger partial charge in [-0.2, -0.15) is 0 Å². The minimum absolute atomic E-state index is 0.137. The molecule has 2 amide bonds. The first-order chi connectivity index (χ1) is 16.2. The lowest BCUT2D eigenvalue weighted by Gasteiger charge is -2.29. The zero-order chi connectivity index (χ0) is 25.1. The maximum atomic E-state index is 13.2. The van der Waals surface area contributed by atoms with Crippen molar-refractivity contribution in [2.45, 2.75) is 57.0 Å². The number of amides is 2. The fraction of sp³-hybridized carbons (Fsp3) is 0.440. The third kappa shape index (κ3) is 8.21. The standard InChI is InChI=1S/C25H34BrN3O4S/c1-4-5-17-27-25(31)20(2)29(19-21-13-15-22(26)16-14-21)24(30)12-9-18-28(3)34(32,33)23-10-7-6-8-11-23/h6-8,10-11,13-16,20H,4-5,9,12,17-19H2,1-3H3,(H,27,31). The number of carbonyl (C=O) groups is 2. The smallest absolute Gasteiger partial charge is 0.242 e. The van der Waals surface area contributed by atoms with E-state index in [1.165, 1.54) is 11.4 Å². The first kappa shape index (κ1) is 28.0. The molecule has 0 heterocycles. The van der Waals surface area contributed by atoms with Crippen LogP contribution in [0, 0.1) is 0 Å². The Hall–Kier alpha value is -2.23. The van der Waals surface area contributed by atoms with Gasteiger partial charge in [0.2, 0.25) is 21.8 Å². The summed E-state index contributed by atoms with van der Waals surface area (Å²) in [5.41, 5.74) is 0.911. The molecule has 0 radical (unpaired) electrons. The molecule has 7 nitrogen and oxygen atoms in total. The topological polar surface area (TPSA) is 86.8 Å². The molecular formula is C25H34BrN3O4S. The monoisotopic (exact) mass is 551 g/mol. The second kappa shape index (κ2) is 13.6. The van der Waals surface area contributed by atoms with E-state index in [1.807, 2.05) is 31.2 Å². The van der Waals surface area contributed by atoms with Crippen molar-refractivity contribution in [2.24, 2.45) is 0 Å². The van der Waals surface area contributed by atoms with Gasteiger partial charge in [0.05, 0.1) is 4.90 Å². The zero-order valence-electron chi connectivity index (χ0n) is 20.0. The maximum absolute atomic E-state index is 13.2. The summed E-state index contributed by atoms with van der Waals surface area (Å²) in [7, 11) is -2.10. The quantitative estimate of drug-likeness (QED) is 0.378. The summed E-state index contributed by atoms with van der Waals surface area (Å²) in [5, 5.41) is 2.90. The Morgan fingerprint density at radius 1 is 1.03 bits per heavy atom. The Kier molecular flexibility index (Phi) is 11.2. The molecule has 0 aromatic heterocycles. The molecule has 0 aliphatic heterocycles. The van der Waals surface area contributed by atoms with E-state index in [-0.39, 0.29) is 29.7 Å². The van der Waals surface area contributed by atoms with Gasteiger partial charge in [-0.3, -0.25) is 9.59 Å². The van der Waals surface area contributed by atoms with Crippen LogP contribution in [-0.4, -0.2) is 55.6 Å². The number of halogens is 1. The van der Waals surface area contributed by atoms with Gasteiger partial charge >= 0.3 is 0 Å². The van der Waals surface area contributed by atoms with E-state index in [9.17, 15) is 18.0 Å². The van der Waals surface area contributed by atoms with Crippen molar-refractivity contribution in [3.05, 3.63) is 64.6 Å². The predicted molar refractivity (Wildman–Crippen MR) is 138 cm³/mol. The summed E-state index contributed by atoms with van der Waals surface area (Å²) < 4.78 is 27.6. The third-order valence-corrected chi connectivity index (χ3v) is 7.98. The van der Waals surface area contributed by atoms with Crippen LogP contribution in [0.3, 0.4) is 0 Å². The summed E-state index contributed by atoms with van der Waals surface area (Å²) in [5.74, 6) is -0.380. The van der Waals surface area contributed by atoms with E-state index in [2.05, 4.69) is 21.2 Å². The Morgan fingerprint density at radius 3 is 2.29 bits per heavy atom. The molecule has 0 spiro atoms. The molecule has 2 rings (SSSR count).